The van der Waals surface area contributed by atoms with Crippen LogP contribution in [0.5, 0.6) is 0 Å². The van der Waals surface area contributed by atoms with E-state index in [1.807, 2.05) is 25.1 Å². The summed E-state index contributed by atoms with van der Waals surface area (Å²) in [6.45, 7) is 3.45. The summed E-state index contributed by atoms with van der Waals surface area (Å²) in [6.07, 6.45) is 3.23. The summed E-state index contributed by atoms with van der Waals surface area (Å²) in [7, 11) is 0. The summed E-state index contributed by atoms with van der Waals surface area (Å²) in [5.74, 6) is 0.290. The third kappa shape index (κ3) is 2.65. The van der Waals surface area contributed by atoms with Gasteiger partial charge in [0, 0.05) is 18.3 Å². The highest BCUT2D eigenvalue weighted by molar-refractivity contribution is 5.82. The highest BCUT2D eigenvalue weighted by Crippen LogP contribution is 2.19. The Kier molecular flexibility index (Phi) is 3.80. The number of hydrogen-bond donors (Lipinski definition) is 1. The fraction of sp³-hybridized carbons (Fsp3) is 0.222. The van der Waals surface area contributed by atoms with E-state index < -0.39 is 0 Å². The quantitative estimate of drug-likeness (QED) is 0.605. The van der Waals surface area contributed by atoms with Gasteiger partial charge in [-0.3, -0.25) is 19.0 Å². The lowest BCUT2D eigenvalue weighted by Gasteiger charge is -2.14. The molecular weight excluding hydrogens is 334 g/mol. The number of rotatable bonds is 4. The zero-order valence-corrected chi connectivity index (χ0v) is 14.3. The minimum absolute atomic E-state index is 0.167. The smallest absolute Gasteiger partial charge is 0.291 e. The van der Waals surface area contributed by atoms with Crippen molar-refractivity contribution in [1.29, 1.82) is 0 Å². The van der Waals surface area contributed by atoms with Crippen LogP contribution >= 0.6 is 0 Å². The molecule has 4 aromatic heterocycles. The molecule has 26 heavy (non-hydrogen) atoms. The van der Waals surface area contributed by atoms with Gasteiger partial charge in [-0.05, 0) is 26.0 Å². The summed E-state index contributed by atoms with van der Waals surface area (Å²) in [5, 5.41) is 7.11. The maximum atomic E-state index is 12.7. The molecule has 8 heteroatoms. The van der Waals surface area contributed by atoms with Gasteiger partial charge in [0.05, 0.1) is 23.5 Å². The molecule has 0 aliphatic rings. The zero-order chi connectivity index (χ0) is 18.3. The largest absolute Gasteiger partial charge is 0.463 e. The first kappa shape index (κ1) is 16.1. The molecule has 0 radical (unpaired) electrons. The van der Waals surface area contributed by atoms with E-state index in [0.717, 1.165) is 11.2 Å². The number of pyridine rings is 1. The molecule has 0 saturated carbocycles. The lowest BCUT2D eigenvalue weighted by atomic mass is 10.2. The maximum absolute atomic E-state index is 12.7. The molecule has 8 nitrogen and oxygen atoms in total. The third-order valence-corrected chi connectivity index (χ3v) is 4.27. The molecule has 132 valence electrons. The van der Waals surface area contributed by atoms with E-state index in [1.165, 1.54) is 4.68 Å². The summed E-state index contributed by atoms with van der Waals surface area (Å²) < 4.78 is 8.25. The molecule has 0 saturated heterocycles. The Balaban J connectivity index is 1.62. The number of furan rings is 1. The normalized spacial score (nSPS) is 12.5. The highest BCUT2D eigenvalue weighted by Gasteiger charge is 2.16. The Hall–Kier alpha value is -3.42. The van der Waals surface area contributed by atoms with Crippen molar-refractivity contribution in [3.05, 3.63) is 64.7 Å². The van der Waals surface area contributed by atoms with Gasteiger partial charge in [-0.2, -0.15) is 5.10 Å². The van der Waals surface area contributed by atoms with Crippen LogP contribution in [-0.4, -0.2) is 25.1 Å². The van der Waals surface area contributed by atoms with Crippen molar-refractivity contribution < 1.29 is 9.21 Å². The van der Waals surface area contributed by atoms with Crippen molar-refractivity contribution in [3.8, 4) is 0 Å². The third-order valence-electron chi connectivity index (χ3n) is 4.27. The van der Waals surface area contributed by atoms with Gasteiger partial charge in [-0.15, -0.1) is 0 Å². The monoisotopic (exact) mass is 351 g/mol. The predicted molar refractivity (Wildman–Crippen MR) is 94.8 cm³/mol. The van der Waals surface area contributed by atoms with E-state index in [1.54, 1.807) is 35.9 Å². The van der Waals surface area contributed by atoms with E-state index in [9.17, 15) is 9.59 Å². The van der Waals surface area contributed by atoms with Crippen LogP contribution in [0.25, 0.3) is 16.6 Å². The number of fused-ring (bicyclic) bond motifs is 3. The number of amides is 1. The standard InChI is InChI=1S/C18H17N5O3/c1-11(13-5-3-4-7-19-13)20-17(24)10-22-18(25)15-9-16-14(6-8-26-16)23(15)12(2)21-22/h3-9,11H,10H2,1-2H3,(H,20,24)/t11-/m1/s1. The van der Waals surface area contributed by atoms with Gasteiger partial charge in [0.1, 0.15) is 17.9 Å². The molecule has 0 bridgehead atoms. The maximum Gasteiger partial charge on any atom is 0.291 e. The number of aryl methyl sites for hydroxylation is 1. The van der Waals surface area contributed by atoms with Gasteiger partial charge in [0.15, 0.2) is 5.58 Å². The van der Waals surface area contributed by atoms with Gasteiger partial charge < -0.3 is 9.73 Å². The van der Waals surface area contributed by atoms with E-state index in [-0.39, 0.29) is 24.1 Å². The van der Waals surface area contributed by atoms with Crippen molar-refractivity contribution in [2.75, 3.05) is 0 Å². The average molecular weight is 351 g/mol. The molecule has 4 heterocycles. The summed E-state index contributed by atoms with van der Waals surface area (Å²) in [5.41, 5.74) is 2.22. The van der Waals surface area contributed by atoms with Crippen molar-refractivity contribution in [1.82, 2.24) is 24.5 Å². The van der Waals surface area contributed by atoms with Gasteiger partial charge >= 0.3 is 0 Å². The first-order valence-corrected chi connectivity index (χ1v) is 8.21. The van der Waals surface area contributed by atoms with Crippen LogP contribution in [0.4, 0.5) is 0 Å². The Bertz CT molecular complexity index is 1160. The first-order valence-electron chi connectivity index (χ1n) is 8.21. The van der Waals surface area contributed by atoms with Crippen LogP contribution in [0.1, 0.15) is 24.5 Å². The molecule has 1 amide bonds. The lowest BCUT2D eigenvalue weighted by molar-refractivity contribution is -0.122. The Morgan fingerprint density at radius 2 is 2.15 bits per heavy atom. The van der Waals surface area contributed by atoms with Gasteiger partial charge in [-0.25, -0.2) is 4.68 Å². The van der Waals surface area contributed by atoms with Crippen LogP contribution < -0.4 is 10.9 Å². The SMILES string of the molecule is Cc1nn(CC(=O)N[C@H](C)c2ccccn2)c(=O)c2cc3occc3n12. The van der Waals surface area contributed by atoms with Gasteiger partial charge in [0.2, 0.25) is 5.91 Å². The van der Waals surface area contributed by atoms with Gasteiger partial charge in [-0.1, -0.05) is 6.07 Å². The number of aromatic nitrogens is 4. The summed E-state index contributed by atoms with van der Waals surface area (Å²) in [4.78, 5) is 29.3. The second-order valence-corrected chi connectivity index (χ2v) is 6.09. The van der Waals surface area contributed by atoms with E-state index in [4.69, 9.17) is 4.42 Å². The summed E-state index contributed by atoms with van der Waals surface area (Å²) in [6, 6.07) is 8.68. The Morgan fingerprint density at radius 3 is 2.92 bits per heavy atom. The predicted octanol–water partition coefficient (Wildman–Crippen LogP) is 1.82. The highest BCUT2D eigenvalue weighted by atomic mass is 16.3. The minimum Gasteiger partial charge on any atom is -0.463 e. The number of nitrogens with zero attached hydrogens (tertiary/aromatic N) is 4. The first-order chi connectivity index (χ1) is 12.5. The molecule has 0 fully saturated rings. The molecule has 4 rings (SSSR count). The van der Waals surface area contributed by atoms with Crippen molar-refractivity contribution in [2.24, 2.45) is 0 Å². The van der Waals surface area contributed by atoms with Gasteiger partial charge in [0.25, 0.3) is 5.56 Å². The lowest BCUT2D eigenvalue weighted by Crippen LogP contribution is -2.36. The van der Waals surface area contributed by atoms with Crippen LogP contribution in [0.15, 0.2) is 52.0 Å². The molecule has 0 aliphatic carbocycles. The number of nitrogens with one attached hydrogen (secondary N) is 1. The average Bonchev–Trinajstić information content (AvgIpc) is 3.21. The molecule has 4 aromatic rings. The summed E-state index contributed by atoms with van der Waals surface area (Å²) >= 11 is 0. The van der Waals surface area contributed by atoms with E-state index >= 15 is 0 Å². The second kappa shape index (κ2) is 6.14. The molecule has 0 spiro atoms. The zero-order valence-electron chi connectivity index (χ0n) is 14.3. The van der Waals surface area contributed by atoms with Crippen molar-refractivity contribution in [3.63, 3.8) is 0 Å². The number of carbonyl (C=O) groups is 1. The Morgan fingerprint density at radius 1 is 1.31 bits per heavy atom. The van der Waals surface area contributed by atoms with E-state index in [2.05, 4.69) is 15.4 Å². The minimum atomic E-state index is -0.345. The molecule has 0 unspecified atom stereocenters. The number of hydrogen-bond acceptors (Lipinski definition) is 5. The molecule has 1 atom stereocenters. The molecule has 1 N–H and O–H groups in total. The Labute approximate surface area is 148 Å². The van der Waals surface area contributed by atoms with E-state index in [0.29, 0.717) is 16.9 Å². The topological polar surface area (TPSA) is 94.4 Å². The second-order valence-electron chi connectivity index (χ2n) is 6.09. The van der Waals surface area contributed by atoms with Crippen LogP contribution in [0.2, 0.25) is 0 Å². The molecule has 0 aromatic carbocycles. The van der Waals surface area contributed by atoms with Crippen LogP contribution in [0, 0.1) is 6.92 Å². The van der Waals surface area contributed by atoms with Crippen LogP contribution in [-0.2, 0) is 11.3 Å². The van der Waals surface area contributed by atoms with Crippen molar-refractivity contribution >= 4 is 22.5 Å². The fourth-order valence-corrected chi connectivity index (χ4v) is 3.06. The fourth-order valence-electron chi connectivity index (χ4n) is 3.06. The molecule has 0 aliphatic heterocycles. The number of carbonyl (C=O) groups excluding carboxylic acids is 1. The van der Waals surface area contributed by atoms with Crippen LogP contribution in [0.3, 0.4) is 0 Å². The molecular formula is C18H17N5O3. The van der Waals surface area contributed by atoms with Crippen molar-refractivity contribution in [2.45, 2.75) is 26.4 Å².